The van der Waals surface area contributed by atoms with Gasteiger partial charge in [-0.05, 0) is 0 Å². The van der Waals surface area contributed by atoms with Crippen LogP contribution in [0.25, 0.3) is 0 Å². The number of hydrogen-bond donors (Lipinski definition) is 0. The average molecular weight is 458 g/mol. The van der Waals surface area contributed by atoms with Crippen LogP contribution in [-0.4, -0.2) is 0 Å². The first-order valence-electron chi connectivity index (χ1n) is 9.28. The Morgan fingerprint density at radius 2 is 0.862 bits per heavy atom. The zero-order valence-corrected chi connectivity index (χ0v) is 20.0. The Hall–Kier alpha value is -2.50. The molecule has 0 spiro atoms. The van der Waals surface area contributed by atoms with Crippen LogP contribution in [0, 0.1) is 34.6 Å². The van der Waals surface area contributed by atoms with Gasteiger partial charge in [0.2, 0.25) is 0 Å². The van der Waals surface area contributed by atoms with Gasteiger partial charge in [-0.3, -0.25) is 0 Å². The zero-order valence-electron chi connectivity index (χ0n) is 17.5. The van der Waals surface area contributed by atoms with Crippen LogP contribution < -0.4 is 0 Å². The number of rotatable bonds is 0. The van der Waals surface area contributed by atoms with Crippen LogP contribution in [0.1, 0.15) is 27.8 Å². The number of benzene rings is 3. The summed E-state index contributed by atoms with van der Waals surface area (Å²) in [7, 11) is 0. The van der Waals surface area contributed by atoms with E-state index in [1.165, 1.54) is 11.1 Å². The molecule has 0 aliphatic heterocycles. The van der Waals surface area contributed by atoms with Crippen molar-refractivity contribution in [2.75, 3.05) is 0 Å². The summed E-state index contributed by atoms with van der Waals surface area (Å²) in [4.78, 5) is 0. The van der Waals surface area contributed by atoms with Crippen LogP contribution in [-0.2, 0) is 26.2 Å². The van der Waals surface area contributed by atoms with Gasteiger partial charge in [0.15, 0.2) is 0 Å². The van der Waals surface area contributed by atoms with Crippen LogP contribution in [0.3, 0.4) is 0 Å². The topological polar surface area (TPSA) is 0 Å². The Balaban J connectivity index is 0.000000356. The predicted molar refractivity (Wildman–Crippen MR) is 124 cm³/mol. The minimum Gasteiger partial charge on any atom is -0.211 e. The summed E-state index contributed by atoms with van der Waals surface area (Å²) in [6.45, 7) is 15.4. The zero-order chi connectivity index (χ0) is 20.6. The van der Waals surface area contributed by atoms with Crippen LogP contribution >= 0.6 is 0 Å². The third-order valence-corrected chi connectivity index (χ3v) is 3.59. The minimum absolute atomic E-state index is 0. The standard InChI is InChI=1S/C7H9.3C7H7.Zr/c1-6-3-4-7(2)5-6;3*1-7-5-3-2-4-6-7;/h3-5H,1-2H3;3*2-6H,1H2;/q4*-1;+4. The summed E-state index contributed by atoms with van der Waals surface area (Å²) >= 11 is 0. The molecule has 4 rings (SSSR count). The average Bonchev–Trinajstić information content (AvgIpc) is 3.08. The predicted octanol–water partition coefficient (Wildman–Crippen LogP) is 7.63. The molecule has 0 saturated heterocycles. The summed E-state index contributed by atoms with van der Waals surface area (Å²) in [5.74, 6) is 0. The maximum atomic E-state index is 3.72. The first kappa shape index (κ1) is 26.5. The van der Waals surface area contributed by atoms with Gasteiger partial charge in [-0.2, -0.15) is 91.6 Å². The van der Waals surface area contributed by atoms with Crippen LogP contribution in [0.5, 0.6) is 0 Å². The summed E-state index contributed by atoms with van der Waals surface area (Å²) in [5.41, 5.74) is 5.93. The molecule has 0 atom stereocenters. The van der Waals surface area contributed by atoms with Crippen molar-refractivity contribution in [2.24, 2.45) is 0 Å². The maximum Gasteiger partial charge on any atom is 4.00 e. The Morgan fingerprint density at radius 3 is 0.966 bits per heavy atom. The number of aryl methyl sites for hydroxylation is 2. The molecule has 0 heterocycles. The maximum absolute atomic E-state index is 3.72. The van der Waals surface area contributed by atoms with Crippen molar-refractivity contribution >= 4 is 0 Å². The fourth-order valence-corrected chi connectivity index (χ4v) is 2.15. The smallest absolute Gasteiger partial charge is 0.211 e. The van der Waals surface area contributed by atoms with E-state index in [9.17, 15) is 0 Å². The third-order valence-electron chi connectivity index (χ3n) is 3.59. The molecule has 0 fully saturated rings. The van der Waals surface area contributed by atoms with Gasteiger partial charge < -0.3 is 0 Å². The molecule has 29 heavy (non-hydrogen) atoms. The Bertz CT molecular complexity index is 741. The van der Waals surface area contributed by atoms with Crippen molar-refractivity contribution in [2.45, 2.75) is 13.8 Å². The molecule has 4 aromatic carbocycles. The Labute approximate surface area is 197 Å². The molecule has 0 radical (unpaired) electrons. The second kappa shape index (κ2) is 16.5. The molecule has 0 amide bonds. The van der Waals surface area contributed by atoms with Crippen molar-refractivity contribution in [3.05, 3.63) is 158 Å². The van der Waals surface area contributed by atoms with Crippen molar-refractivity contribution in [3.63, 3.8) is 0 Å². The molecule has 0 bridgehead atoms. The second-order valence-corrected chi connectivity index (χ2v) is 6.42. The summed E-state index contributed by atoms with van der Waals surface area (Å²) in [6, 6.07) is 36.0. The van der Waals surface area contributed by atoms with E-state index < -0.39 is 0 Å². The van der Waals surface area contributed by atoms with Gasteiger partial charge in [0.25, 0.3) is 0 Å². The summed E-state index contributed by atoms with van der Waals surface area (Å²) in [6.07, 6.45) is 0. The van der Waals surface area contributed by atoms with Crippen molar-refractivity contribution < 1.29 is 26.2 Å². The van der Waals surface area contributed by atoms with Gasteiger partial charge in [-0.1, -0.05) is 32.0 Å². The minimum atomic E-state index is 0. The van der Waals surface area contributed by atoms with E-state index >= 15 is 0 Å². The molecule has 0 saturated carbocycles. The molecule has 0 aromatic heterocycles. The number of hydrogen-bond acceptors (Lipinski definition) is 0. The fraction of sp³-hybridized carbons (Fsp3) is 0.0714. The molecule has 4 aromatic rings. The van der Waals surface area contributed by atoms with E-state index in [4.69, 9.17) is 0 Å². The van der Waals surface area contributed by atoms with E-state index in [1.54, 1.807) is 0 Å². The van der Waals surface area contributed by atoms with Crippen LogP contribution in [0.15, 0.2) is 109 Å². The molecule has 0 N–H and O–H groups in total. The Morgan fingerprint density at radius 1 is 0.552 bits per heavy atom. The van der Waals surface area contributed by atoms with Crippen molar-refractivity contribution in [3.8, 4) is 0 Å². The van der Waals surface area contributed by atoms with Gasteiger partial charge in [-0.25, -0.2) is 11.6 Å². The van der Waals surface area contributed by atoms with Gasteiger partial charge in [0, 0.05) is 0 Å². The molecule has 0 unspecified atom stereocenters. The quantitative estimate of drug-likeness (QED) is 0.238. The molecular formula is C28H30Zr. The molecular weight excluding hydrogens is 428 g/mol. The molecule has 1 heteroatoms. The monoisotopic (exact) mass is 456 g/mol. The van der Waals surface area contributed by atoms with Crippen LogP contribution in [0.4, 0.5) is 0 Å². The molecule has 0 aliphatic carbocycles. The Kier molecular flexibility index (Phi) is 15.0. The van der Waals surface area contributed by atoms with Crippen molar-refractivity contribution in [1.29, 1.82) is 0 Å². The van der Waals surface area contributed by atoms with Crippen molar-refractivity contribution in [1.82, 2.24) is 0 Å². The van der Waals surface area contributed by atoms with Gasteiger partial charge >= 0.3 is 26.2 Å². The van der Waals surface area contributed by atoms with E-state index in [0.29, 0.717) is 0 Å². The van der Waals surface area contributed by atoms with Gasteiger partial charge in [0.1, 0.15) is 0 Å². The molecule has 146 valence electrons. The SMILES string of the molecule is Cc1cc[c-](C)c1.[CH2-]c1ccccc1.[CH2-]c1ccccc1.[CH2-]c1ccccc1.[Zr+4]. The summed E-state index contributed by atoms with van der Waals surface area (Å²) in [5, 5.41) is 0. The first-order valence-corrected chi connectivity index (χ1v) is 9.28. The van der Waals surface area contributed by atoms with E-state index in [-0.39, 0.29) is 26.2 Å². The normalized spacial score (nSPS) is 8.48. The van der Waals surface area contributed by atoms with Gasteiger partial charge in [-0.15, -0.1) is 36.4 Å². The third kappa shape index (κ3) is 15.1. The fourth-order valence-electron chi connectivity index (χ4n) is 2.15. The van der Waals surface area contributed by atoms with Gasteiger partial charge in [0.05, 0.1) is 0 Å². The van der Waals surface area contributed by atoms with Crippen LogP contribution in [0.2, 0.25) is 0 Å². The first-order chi connectivity index (χ1) is 13.5. The summed E-state index contributed by atoms with van der Waals surface area (Å²) < 4.78 is 0. The second-order valence-electron chi connectivity index (χ2n) is 6.42. The largest absolute Gasteiger partial charge is 4.00 e. The van der Waals surface area contributed by atoms with E-state index in [1.807, 2.05) is 91.0 Å². The van der Waals surface area contributed by atoms with E-state index in [2.05, 4.69) is 52.8 Å². The molecule has 0 nitrogen and oxygen atoms in total. The van der Waals surface area contributed by atoms with E-state index in [0.717, 1.165) is 16.7 Å². The molecule has 0 aliphatic rings.